The fourth-order valence-corrected chi connectivity index (χ4v) is 3.19. The van der Waals surface area contributed by atoms with Crippen LogP contribution < -0.4 is 11.1 Å². The number of hydrogen-bond donors (Lipinski definition) is 2. The van der Waals surface area contributed by atoms with Crippen LogP contribution in [0.15, 0.2) is 47.1 Å². The summed E-state index contributed by atoms with van der Waals surface area (Å²) in [5.41, 5.74) is 5.22. The summed E-state index contributed by atoms with van der Waals surface area (Å²) in [5.74, 6) is -1.04. The Morgan fingerprint density at radius 2 is 2.17 bits per heavy atom. The molecule has 0 saturated heterocycles. The van der Waals surface area contributed by atoms with Crippen LogP contribution in [0.25, 0.3) is 0 Å². The van der Waals surface area contributed by atoms with Crippen LogP contribution in [0.1, 0.15) is 29.8 Å². The second-order valence-electron chi connectivity index (χ2n) is 5.35. The molecule has 3 N–H and O–H groups in total. The zero-order valence-electron chi connectivity index (χ0n) is 13.2. The Morgan fingerprint density at radius 3 is 2.83 bits per heavy atom. The van der Waals surface area contributed by atoms with Crippen molar-refractivity contribution in [3.63, 3.8) is 0 Å². The molecule has 0 aromatic heterocycles. The molecule has 24 heavy (non-hydrogen) atoms. The minimum atomic E-state index is -1.50. The van der Waals surface area contributed by atoms with E-state index >= 15 is 0 Å². The number of ether oxygens (including phenoxy) is 2. The average Bonchev–Trinajstić information content (AvgIpc) is 2.81. The number of nitrogens with two attached hydrogens (primary N) is 1. The van der Waals surface area contributed by atoms with E-state index in [-0.39, 0.29) is 29.4 Å². The number of nitrogens with one attached hydrogen (secondary N) is 1. The van der Waals surface area contributed by atoms with E-state index in [1.807, 2.05) is 6.07 Å². The van der Waals surface area contributed by atoms with E-state index in [9.17, 15) is 14.9 Å². The molecule has 2 aliphatic rings. The van der Waals surface area contributed by atoms with Crippen molar-refractivity contribution in [3.05, 3.63) is 58.2 Å². The van der Waals surface area contributed by atoms with Crippen molar-refractivity contribution in [3.8, 4) is 6.07 Å². The lowest BCUT2D eigenvalue weighted by molar-refractivity contribution is -0.139. The molecule has 122 valence electrons. The molecular weight excluding hydrogens is 310 g/mol. The molecule has 2 aliphatic heterocycles. The molecule has 2 heterocycles. The molecule has 7 nitrogen and oxygen atoms in total. The predicted octanol–water partition coefficient (Wildman–Crippen LogP) is 1.19. The van der Waals surface area contributed by atoms with Gasteiger partial charge < -0.3 is 20.5 Å². The van der Waals surface area contributed by atoms with Gasteiger partial charge in [-0.15, -0.1) is 0 Å². The van der Waals surface area contributed by atoms with Crippen molar-refractivity contribution in [2.45, 2.75) is 19.4 Å². The lowest BCUT2D eigenvalue weighted by Crippen LogP contribution is -2.49. The van der Waals surface area contributed by atoms with E-state index < -0.39 is 17.4 Å². The van der Waals surface area contributed by atoms with Gasteiger partial charge in [-0.1, -0.05) is 18.2 Å². The smallest absolute Gasteiger partial charge is 0.340 e. The van der Waals surface area contributed by atoms with Crippen molar-refractivity contribution in [2.24, 2.45) is 5.73 Å². The van der Waals surface area contributed by atoms with Crippen LogP contribution in [0.2, 0.25) is 0 Å². The summed E-state index contributed by atoms with van der Waals surface area (Å²) in [7, 11) is 0. The second kappa shape index (κ2) is 5.42. The number of rotatable bonds is 2. The highest BCUT2D eigenvalue weighted by molar-refractivity contribution is 6.06. The number of carbonyl (C=O) groups is 2. The minimum absolute atomic E-state index is 0.0468. The maximum atomic E-state index is 12.6. The summed E-state index contributed by atoms with van der Waals surface area (Å²) in [4.78, 5) is 25.0. The van der Waals surface area contributed by atoms with Gasteiger partial charge in [0, 0.05) is 11.1 Å². The molecule has 1 aromatic rings. The lowest BCUT2D eigenvalue weighted by Gasteiger charge is -2.35. The van der Waals surface area contributed by atoms with Crippen molar-refractivity contribution < 1.29 is 19.1 Å². The van der Waals surface area contributed by atoms with E-state index in [0.717, 1.165) is 0 Å². The van der Waals surface area contributed by atoms with E-state index in [1.54, 1.807) is 38.1 Å². The Morgan fingerprint density at radius 1 is 1.46 bits per heavy atom. The molecule has 0 saturated carbocycles. The number of nitrogens with zero attached hydrogens (tertiary/aromatic N) is 1. The van der Waals surface area contributed by atoms with Gasteiger partial charge in [-0.2, -0.15) is 5.26 Å². The largest absolute Gasteiger partial charge is 0.462 e. The summed E-state index contributed by atoms with van der Waals surface area (Å²) in [6.07, 6.45) is 0. The normalized spacial score (nSPS) is 22.0. The standard InChI is InChI=1S/C17H15N3O4/c1-3-23-16(22)13-9(2)24-14(19)12(8-18)17(13)11-7-5-4-6-10(11)15(21)20-17/h4-7H,3,19H2,1-2H3,(H,20,21). The van der Waals surface area contributed by atoms with Gasteiger partial charge in [0.15, 0.2) is 0 Å². The fraction of sp³-hybridized carbons (Fsp3) is 0.235. The van der Waals surface area contributed by atoms with Gasteiger partial charge >= 0.3 is 5.97 Å². The van der Waals surface area contributed by atoms with Crippen LogP contribution in [0, 0.1) is 11.3 Å². The van der Waals surface area contributed by atoms with Gasteiger partial charge in [-0.05, 0) is 19.9 Å². The van der Waals surface area contributed by atoms with Crippen LogP contribution in [-0.4, -0.2) is 18.5 Å². The number of nitriles is 1. The molecule has 1 aromatic carbocycles. The van der Waals surface area contributed by atoms with Crippen LogP contribution in [0.3, 0.4) is 0 Å². The van der Waals surface area contributed by atoms with Crippen molar-refractivity contribution >= 4 is 11.9 Å². The van der Waals surface area contributed by atoms with Crippen molar-refractivity contribution in [2.75, 3.05) is 6.61 Å². The Balaban J connectivity index is 2.36. The van der Waals surface area contributed by atoms with E-state index in [0.29, 0.717) is 11.1 Å². The molecule has 1 spiro atoms. The number of benzene rings is 1. The second-order valence-corrected chi connectivity index (χ2v) is 5.35. The van der Waals surface area contributed by atoms with Crippen molar-refractivity contribution in [1.82, 2.24) is 5.32 Å². The third-order valence-corrected chi connectivity index (χ3v) is 4.08. The maximum Gasteiger partial charge on any atom is 0.340 e. The summed E-state index contributed by atoms with van der Waals surface area (Å²) in [5, 5.41) is 12.4. The quantitative estimate of drug-likeness (QED) is 0.789. The zero-order valence-corrected chi connectivity index (χ0v) is 13.2. The Kier molecular flexibility index (Phi) is 3.53. The average molecular weight is 325 g/mol. The van der Waals surface area contributed by atoms with E-state index in [4.69, 9.17) is 15.2 Å². The minimum Gasteiger partial charge on any atom is -0.462 e. The van der Waals surface area contributed by atoms with Crippen molar-refractivity contribution in [1.29, 1.82) is 5.26 Å². The summed E-state index contributed by atoms with van der Waals surface area (Å²) < 4.78 is 10.5. The highest BCUT2D eigenvalue weighted by Gasteiger charge is 2.56. The third-order valence-electron chi connectivity index (χ3n) is 4.08. The molecule has 1 unspecified atom stereocenters. The monoisotopic (exact) mass is 325 g/mol. The summed E-state index contributed by atoms with van der Waals surface area (Å²) in [6, 6.07) is 8.69. The van der Waals surface area contributed by atoms with Gasteiger partial charge in [0.1, 0.15) is 28.5 Å². The van der Waals surface area contributed by atoms with Gasteiger partial charge in [-0.3, -0.25) is 4.79 Å². The Hall–Kier alpha value is -3.27. The lowest BCUT2D eigenvalue weighted by atomic mass is 9.76. The van der Waals surface area contributed by atoms with Crippen LogP contribution in [0.5, 0.6) is 0 Å². The van der Waals surface area contributed by atoms with Gasteiger partial charge in [0.25, 0.3) is 5.91 Å². The number of amides is 1. The number of fused-ring (bicyclic) bond motifs is 2. The first kappa shape index (κ1) is 15.6. The first-order valence-corrected chi connectivity index (χ1v) is 7.36. The van der Waals surface area contributed by atoms with E-state index in [2.05, 4.69) is 5.32 Å². The Bertz CT molecular complexity index is 863. The molecule has 1 atom stereocenters. The number of esters is 1. The SMILES string of the molecule is CCOC(=O)C1=C(C)OC(N)=C(C#N)C12NC(=O)c1ccccc12. The van der Waals surface area contributed by atoms with Gasteiger partial charge in [-0.25, -0.2) is 4.79 Å². The topological polar surface area (TPSA) is 114 Å². The molecule has 3 rings (SSSR count). The summed E-state index contributed by atoms with van der Waals surface area (Å²) >= 11 is 0. The van der Waals surface area contributed by atoms with Crippen LogP contribution in [-0.2, 0) is 19.8 Å². The third kappa shape index (κ3) is 1.90. The molecule has 7 heteroatoms. The molecule has 0 aliphatic carbocycles. The number of hydrogen-bond acceptors (Lipinski definition) is 6. The molecule has 1 amide bonds. The zero-order chi connectivity index (χ0) is 17.5. The van der Waals surface area contributed by atoms with Crippen LogP contribution in [0.4, 0.5) is 0 Å². The number of carbonyl (C=O) groups excluding carboxylic acids is 2. The maximum absolute atomic E-state index is 12.6. The Labute approximate surface area is 138 Å². The molecular formula is C17H15N3O4. The summed E-state index contributed by atoms with van der Waals surface area (Å²) in [6.45, 7) is 3.35. The number of allylic oxidation sites excluding steroid dienone is 1. The van der Waals surface area contributed by atoms with Gasteiger partial charge in [0.05, 0.1) is 6.61 Å². The fourth-order valence-electron chi connectivity index (χ4n) is 3.19. The highest BCUT2D eigenvalue weighted by atomic mass is 16.5. The molecule has 0 bridgehead atoms. The first-order valence-electron chi connectivity index (χ1n) is 7.36. The predicted molar refractivity (Wildman–Crippen MR) is 82.8 cm³/mol. The van der Waals surface area contributed by atoms with Crippen LogP contribution >= 0.6 is 0 Å². The highest BCUT2D eigenvalue weighted by Crippen LogP contribution is 2.47. The van der Waals surface area contributed by atoms with E-state index in [1.165, 1.54) is 0 Å². The molecule has 0 fully saturated rings. The first-order chi connectivity index (χ1) is 11.5. The molecule has 0 radical (unpaired) electrons. The van der Waals surface area contributed by atoms with Gasteiger partial charge in [0.2, 0.25) is 5.88 Å².